The SMILES string of the molecule is CCS(=O)(=O)c1cc2ccc(Br)cc2nc1-c1nc2cc(S(=O)(=O)C(F)(F)F)ccc2o1. The lowest BCUT2D eigenvalue weighted by Gasteiger charge is -2.08. The van der Waals surface area contributed by atoms with E-state index in [2.05, 4.69) is 25.9 Å². The van der Waals surface area contributed by atoms with Crippen LogP contribution in [0.1, 0.15) is 6.92 Å². The van der Waals surface area contributed by atoms with Gasteiger partial charge in [0.05, 0.1) is 21.1 Å². The Morgan fingerprint density at radius 3 is 2.34 bits per heavy atom. The molecule has 7 nitrogen and oxygen atoms in total. The van der Waals surface area contributed by atoms with Crippen LogP contribution >= 0.6 is 15.9 Å². The van der Waals surface area contributed by atoms with E-state index in [-0.39, 0.29) is 33.3 Å². The molecule has 2 heterocycles. The van der Waals surface area contributed by atoms with Crippen molar-refractivity contribution in [1.29, 1.82) is 0 Å². The number of hydrogen-bond donors (Lipinski definition) is 0. The molecule has 0 aliphatic rings. The highest BCUT2D eigenvalue weighted by atomic mass is 79.9. The molecular formula is C19H12BrF3N2O5S2. The first-order valence-corrected chi connectivity index (χ1v) is 12.8. The van der Waals surface area contributed by atoms with Gasteiger partial charge in [0.2, 0.25) is 5.89 Å². The summed E-state index contributed by atoms with van der Waals surface area (Å²) in [5.74, 6) is -0.506. The summed E-state index contributed by atoms with van der Waals surface area (Å²) in [5, 5.41) is 0.540. The van der Waals surface area contributed by atoms with Crippen LogP contribution in [0.3, 0.4) is 0 Å². The average Bonchev–Trinajstić information content (AvgIpc) is 3.15. The normalized spacial score (nSPS) is 13.2. The third kappa shape index (κ3) is 3.77. The van der Waals surface area contributed by atoms with E-state index >= 15 is 0 Å². The maximum atomic E-state index is 12.9. The Morgan fingerprint density at radius 2 is 1.69 bits per heavy atom. The van der Waals surface area contributed by atoms with Gasteiger partial charge in [0.15, 0.2) is 15.4 Å². The zero-order chi connectivity index (χ0) is 23.5. The van der Waals surface area contributed by atoms with Gasteiger partial charge in [-0.25, -0.2) is 26.8 Å². The number of nitrogens with zero attached hydrogens (tertiary/aromatic N) is 2. The first-order valence-electron chi connectivity index (χ1n) is 8.89. The standard InChI is InChI=1S/C19H12BrF3N2O5S2/c1-2-31(26,27)16-7-10-3-4-11(20)8-13(10)24-17(16)18-25-14-9-12(5-6-15(14)30-18)32(28,29)19(21,22)23/h3-9H,2H2,1H3. The average molecular weight is 549 g/mol. The highest BCUT2D eigenvalue weighted by molar-refractivity contribution is 9.10. The lowest BCUT2D eigenvalue weighted by atomic mass is 10.2. The van der Waals surface area contributed by atoms with Crippen LogP contribution in [0.5, 0.6) is 0 Å². The van der Waals surface area contributed by atoms with E-state index in [4.69, 9.17) is 4.42 Å². The van der Waals surface area contributed by atoms with Crippen molar-refractivity contribution in [3.05, 3.63) is 46.9 Å². The molecule has 0 bridgehead atoms. The second-order valence-corrected chi connectivity index (χ2v) is 11.8. The van der Waals surface area contributed by atoms with Crippen LogP contribution in [-0.4, -0.2) is 38.1 Å². The molecule has 4 rings (SSSR count). The molecule has 2 aromatic carbocycles. The number of benzene rings is 2. The van der Waals surface area contributed by atoms with Crippen LogP contribution < -0.4 is 0 Å². The quantitative estimate of drug-likeness (QED) is 0.357. The van der Waals surface area contributed by atoms with Gasteiger partial charge in [0.25, 0.3) is 9.84 Å². The molecule has 0 fully saturated rings. The molecule has 0 aliphatic heterocycles. The van der Waals surface area contributed by atoms with Gasteiger partial charge in [0, 0.05) is 9.86 Å². The fourth-order valence-corrected chi connectivity index (χ4v) is 5.15. The van der Waals surface area contributed by atoms with Gasteiger partial charge in [-0.1, -0.05) is 28.9 Å². The molecule has 0 N–H and O–H groups in total. The molecule has 0 radical (unpaired) electrons. The van der Waals surface area contributed by atoms with Gasteiger partial charge in [-0.15, -0.1) is 0 Å². The lowest BCUT2D eigenvalue weighted by molar-refractivity contribution is -0.0435. The molecule has 0 spiro atoms. The summed E-state index contributed by atoms with van der Waals surface area (Å²) in [6.45, 7) is 1.45. The Balaban J connectivity index is 1.97. The maximum Gasteiger partial charge on any atom is 0.501 e. The molecule has 2 aromatic heterocycles. The van der Waals surface area contributed by atoms with Crippen LogP contribution in [0.2, 0.25) is 0 Å². The van der Waals surface area contributed by atoms with Gasteiger partial charge in [-0.3, -0.25) is 0 Å². The van der Waals surface area contributed by atoms with Gasteiger partial charge in [-0.05, 0) is 36.4 Å². The van der Waals surface area contributed by atoms with E-state index in [1.807, 2.05) is 0 Å². The number of sulfone groups is 2. The van der Waals surface area contributed by atoms with Crippen molar-refractivity contribution >= 4 is 57.6 Å². The molecule has 13 heteroatoms. The minimum atomic E-state index is -5.59. The van der Waals surface area contributed by atoms with E-state index in [1.54, 1.807) is 18.2 Å². The summed E-state index contributed by atoms with van der Waals surface area (Å²) in [4.78, 5) is 7.23. The van der Waals surface area contributed by atoms with Crippen LogP contribution in [0.25, 0.3) is 33.6 Å². The number of pyridine rings is 1. The Labute approximate surface area is 188 Å². The van der Waals surface area contributed by atoms with Crippen LogP contribution in [0.4, 0.5) is 13.2 Å². The highest BCUT2D eigenvalue weighted by Crippen LogP contribution is 2.35. The maximum absolute atomic E-state index is 12.9. The number of halogens is 4. The van der Waals surface area contributed by atoms with Crippen molar-refractivity contribution in [2.24, 2.45) is 0 Å². The third-order valence-corrected chi connectivity index (χ3v) is 8.36. The minimum Gasteiger partial charge on any atom is -0.435 e. The monoisotopic (exact) mass is 548 g/mol. The van der Waals surface area contributed by atoms with Crippen LogP contribution in [-0.2, 0) is 19.7 Å². The topological polar surface area (TPSA) is 107 Å². The predicted octanol–water partition coefficient (Wildman–Crippen LogP) is 4.89. The van der Waals surface area contributed by atoms with Crippen LogP contribution in [0.15, 0.2) is 61.1 Å². The number of aromatic nitrogens is 2. The van der Waals surface area contributed by atoms with E-state index in [0.29, 0.717) is 15.4 Å². The predicted molar refractivity (Wildman–Crippen MR) is 113 cm³/mol. The van der Waals surface area contributed by atoms with Crippen molar-refractivity contribution in [3.8, 4) is 11.6 Å². The largest absolute Gasteiger partial charge is 0.501 e. The highest BCUT2D eigenvalue weighted by Gasteiger charge is 2.47. The summed E-state index contributed by atoms with van der Waals surface area (Å²) in [5.41, 5.74) is -5.41. The number of fused-ring (bicyclic) bond motifs is 2. The van der Waals surface area contributed by atoms with Crippen molar-refractivity contribution < 1.29 is 34.4 Å². The smallest absolute Gasteiger partial charge is 0.435 e. The fourth-order valence-electron chi connectivity index (χ4n) is 2.98. The molecule has 4 aromatic rings. The first kappa shape index (κ1) is 22.7. The van der Waals surface area contributed by atoms with Gasteiger partial charge < -0.3 is 4.42 Å². The Morgan fingerprint density at radius 1 is 0.969 bits per heavy atom. The third-order valence-electron chi connectivity index (χ3n) is 4.64. The Kier molecular flexibility index (Phi) is 5.33. The second-order valence-electron chi connectivity index (χ2n) is 6.67. The van der Waals surface area contributed by atoms with Crippen molar-refractivity contribution in [2.45, 2.75) is 22.2 Å². The van der Waals surface area contributed by atoms with Gasteiger partial charge >= 0.3 is 5.51 Å². The zero-order valence-electron chi connectivity index (χ0n) is 16.0. The van der Waals surface area contributed by atoms with Crippen molar-refractivity contribution in [3.63, 3.8) is 0 Å². The molecule has 0 saturated carbocycles. The summed E-state index contributed by atoms with van der Waals surface area (Å²) in [6.07, 6.45) is 0. The molecule has 0 aliphatic carbocycles. The molecule has 0 saturated heterocycles. The summed E-state index contributed by atoms with van der Waals surface area (Å²) < 4.78 is 93.7. The van der Waals surface area contributed by atoms with Crippen LogP contribution in [0, 0.1) is 0 Å². The number of alkyl halides is 3. The molecule has 0 atom stereocenters. The Hall–Kier alpha value is -2.51. The van der Waals surface area contributed by atoms with Gasteiger partial charge in [0.1, 0.15) is 11.2 Å². The molecule has 32 heavy (non-hydrogen) atoms. The lowest BCUT2D eigenvalue weighted by Crippen LogP contribution is -2.23. The molecule has 168 valence electrons. The van der Waals surface area contributed by atoms with E-state index in [1.165, 1.54) is 13.0 Å². The number of hydrogen-bond acceptors (Lipinski definition) is 7. The van der Waals surface area contributed by atoms with E-state index in [9.17, 15) is 30.0 Å². The molecule has 0 amide bonds. The summed E-state index contributed by atoms with van der Waals surface area (Å²) in [7, 11) is -9.38. The minimum absolute atomic E-state index is 0.0305. The molecular weight excluding hydrogens is 537 g/mol. The van der Waals surface area contributed by atoms with Crippen molar-refractivity contribution in [2.75, 3.05) is 5.75 Å². The zero-order valence-corrected chi connectivity index (χ0v) is 19.2. The molecule has 0 unspecified atom stereocenters. The fraction of sp³-hybridized carbons (Fsp3) is 0.158. The number of oxazole rings is 1. The number of rotatable bonds is 4. The Bertz CT molecular complexity index is 1600. The second kappa shape index (κ2) is 7.52. The van der Waals surface area contributed by atoms with Crippen molar-refractivity contribution in [1.82, 2.24) is 9.97 Å². The first-order chi connectivity index (χ1) is 14.8. The van der Waals surface area contributed by atoms with E-state index in [0.717, 1.165) is 18.2 Å². The summed E-state index contributed by atoms with van der Waals surface area (Å²) >= 11 is 3.31. The van der Waals surface area contributed by atoms with E-state index < -0.39 is 30.1 Å². The summed E-state index contributed by atoms with van der Waals surface area (Å²) in [6, 6.07) is 8.94. The van der Waals surface area contributed by atoms with Gasteiger partial charge in [-0.2, -0.15) is 13.2 Å².